The molecule has 220 valence electrons. The highest BCUT2D eigenvalue weighted by Crippen LogP contribution is 2.31. The van der Waals surface area contributed by atoms with Crippen LogP contribution in [0.1, 0.15) is 18.4 Å². The van der Waals surface area contributed by atoms with E-state index in [1.54, 1.807) is 24.3 Å². The van der Waals surface area contributed by atoms with Crippen LogP contribution < -0.4 is 19.5 Å². The van der Waals surface area contributed by atoms with Crippen LogP contribution in [0.3, 0.4) is 0 Å². The molecule has 1 aliphatic heterocycles. The molecule has 1 aliphatic rings. The highest BCUT2D eigenvalue weighted by Gasteiger charge is 2.33. The van der Waals surface area contributed by atoms with Crippen molar-refractivity contribution in [3.8, 4) is 11.5 Å². The fourth-order valence-corrected chi connectivity index (χ4v) is 7.65. The molecule has 0 spiro atoms. The second kappa shape index (κ2) is 12.9. The van der Waals surface area contributed by atoms with E-state index in [1.165, 1.54) is 54.9 Å². The molecule has 1 fully saturated rings. The summed E-state index contributed by atoms with van der Waals surface area (Å²) < 4.78 is 66.3. The number of piperidine rings is 1. The van der Waals surface area contributed by atoms with Gasteiger partial charge in [0.1, 0.15) is 11.5 Å². The topological polar surface area (TPSA) is 131 Å². The van der Waals surface area contributed by atoms with E-state index < -0.39 is 26.0 Å². The van der Waals surface area contributed by atoms with E-state index >= 15 is 0 Å². The average molecular weight is 643 g/mol. The van der Waals surface area contributed by atoms with Crippen LogP contribution in [-0.2, 0) is 30.6 Å². The third-order valence-corrected chi connectivity index (χ3v) is 10.3. The lowest BCUT2D eigenvalue weighted by Gasteiger charge is -2.31. The van der Waals surface area contributed by atoms with Crippen LogP contribution in [0.15, 0.2) is 65.6 Å². The molecular formula is C27H29Cl2N3O7S2. The molecule has 1 amide bonds. The molecule has 0 bridgehead atoms. The molecule has 10 nitrogen and oxygen atoms in total. The first-order valence-electron chi connectivity index (χ1n) is 12.5. The monoisotopic (exact) mass is 641 g/mol. The zero-order valence-corrected chi connectivity index (χ0v) is 25.4. The zero-order chi connectivity index (χ0) is 29.8. The van der Waals surface area contributed by atoms with Gasteiger partial charge < -0.3 is 14.8 Å². The maximum atomic E-state index is 13.1. The summed E-state index contributed by atoms with van der Waals surface area (Å²) in [4.78, 5) is 13.0. The van der Waals surface area contributed by atoms with E-state index in [4.69, 9.17) is 32.7 Å². The molecule has 1 heterocycles. The summed E-state index contributed by atoms with van der Waals surface area (Å²) >= 11 is 12.1. The predicted octanol–water partition coefficient (Wildman–Crippen LogP) is 4.99. The molecule has 0 radical (unpaired) electrons. The van der Waals surface area contributed by atoms with Crippen LogP contribution in [0.25, 0.3) is 0 Å². The van der Waals surface area contributed by atoms with Gasteiger partial charge in [-0.15, -0.1) is 0 Å². The number of sulfonamides is 2. The zero-order valence-electron chi connectivity index (χ0n) is 22.3. The average Bonchev–Trinajstić information content (AvgIpc) is 2.94. The Balaban J connectivity index is 1.40. The Hall–Kier alpha value is -3.03. The summed E-state index contributed by atoms with van der Waals surface area (Å²) in [5.74, 6) is -0.472. The second-order valence-electron chi connectivity index (χ2n) is 9.37. The van der Waals surface area contributed by atoms with Crippen LogP contribution in [0, 0.1) is 5.92 Å². The molecule has 41 heavy (non-hydrogen) atoms. The fourth-order valence-electron chi connectivity index (χ4n) is 4.39. The lowest BCUT2D eigenvalue weighted by Crippen LogP contribution is -2.44. The minimum Gasteiger partial charge on any atom is -0.497 e. The summed E-state index contributed by atoms with van der Waals surface area (Å²) in [5.41, 5.74) is 1.01. The summed E-state index contributed by atoms with van der Waals surface area (Å²) in [5, 5.41) is 3.43. The molecule has 0 unspecified atom stereocenters. The van der Waals surface area contributed by atoms with Gasteiger partial charge >= 0.3 is 0 Å². The minimum absolute atomic E-state index is 0.0259. The second-order valence-corrected chi connectivity index (χ2v) is 13.9. The fraction of sp³-hybridized carbons (Fsp3) is 0.296. The summed E-state index contributed by atoms with van der Waals surface area (Å²) in [6.07, 6.45) is 1.03. The number of hydrogen-bond acceptors (Lipinski definition) is 7. The Labute approximate surface area is 249 Å². The molecule has 4 rings (SSSR count). The van der Waals surface area contributed by atoms with Crippen molar-refractivity contribution in [2.75, 3.05) is 37.3 Å². The molecule has 0 aromatic heterocycles. The molecule has 1 atom stereocenters. The van der Waals surface area contributed by atoms with Gasteiger partial charge in [0, 0.05) is 34.9 Å². The van der Waals surface area contributed by atoms with Gasteiger partial charge in [0.25, 0.3) is 10.0 Å². The maximum absolute atomic E-state index is 13.1. The SMILES string of the molecule is COc1ccc(OC)c(NS(=O)(=O)c2ccc(NC(=O)[C@H]3CCCN(S(=O)(=O)Cc4ccc(Cl)cc4Cl)C3)cc2)c1. The number of nitrogens with one attached hydrogen (secondary N) is 2. The van der Waals surface area contributed by atoms with Crippen molar-refractivity contribution in [2.24, 2.45) is 5.92 Å². The van der Waals surface area contributed by atoms with E-state index in [0.29, 0.717) is 47.2 Å². The first-order chi connectivity index (χ1) is 19.4. The number of carbonyl (C=O) groups is 1. The van der Waals surface area contributed by atoms with Crippen molar-refractivity contribution < 1.29 is 31.1 Å². The number of benzene rings is 3. The first-order valence-corrected chi connectivity index (χ1v) is 16.3. The van der Waals surface area contributed by atoms with Gasteiger partial charge in [0.15, 0.2) is 0 Å². The lowest BCUT2D eigenvalue weighted by molar-refractivity contribution is -0.120. The Morgan fingerprint density at radius 3 is 2.37 bits per heavy atom. The van der Waals surface area contributed by atoms with E-state index in [1.807, 2.05) is 0 Å². The Morgan fingerprint density at radius 2 is 1.71 bits per heavy atom. The van der Waals surface area contributed by atoms with Crippen molar-refractivity contribution in [1.29, 1.82) is 0 Å². The van der Waals surface area contributed by atoms with Gasteiger partial charge in [0.05, 0.1) is 36.5 Å². The number of amides is 1. The van der Waals surface area contributed by atoms with Gasteiger partial charge in [-0.3, -0.25) is 9.52 Å². The number of carbonyl (C=O) groups excluding carboxylic acids is 1. The smallest absolute Gasteiger partial charge is 0.262 e. The summed E-state index contributed by atoms with van der Waals surface area (Å²) in [6, 6.07) is 15.0. The number of halogens is 2. The van der Waals surface area contributed by atoms with Crippen LogP contribution in [0.5, 0.6) is 11.5 Å². The quantitative estimate of drug-likeness (QED) is 0.319. The molecule has 1 saturated heterocycles. The van der Waals surface area contributed by atoms with E-state index in [9.17, 15) is 21.6 Å². The Kier molecular flexibility index (Phi) is 9.70. The number of anilines is 2. The van der Waals surface area contributed by atoms with Gasteiger partial charge in [-0.05, 0) is 66.9 Å². The number of nitrogens with zero attached hydrogens (tertiary/aromatic N) is 1. The number of ether oxygens (including phenoxy) is 2. The number of methoxy groups -OCH3 is 2. The molecule has 3 aromatic carbocycles. The number of rotatable bonds is 10. The Morgan fingerprint density at radius 1 is 0.976 bits per heavy atom. The van der Waals surface area contributed by atoms with Crippen molar-refractivity contribution in [1.82, 2.24) is 4.31 Å². The minimum atomic E-state index is -3.98. The summed E-state index contributed by atoms with van der Waals surface area (Å²) in [6.45, 7) is 0.326. The molecule has 14 heteroatoms. The van der Waals surface area contributed by atoms with Crippen molar-refractivity contribution >= 4 is 60.5 Å². The van der Waals surface area contributed by atoms with Crippen LogP contribution >= 0.6 is 23.2 Å². The molecule has 0 aliphatic carbocycles. The predicted molar refractivity (Wildman–Crippen MR) is 159 cm³/mol. The van der Waals surface area contributed by atoms with Gasteiger partial charge in [0.2, 0.25) is 15.9 Å². The first kappa shape index (κ1) is 30.9. The van der Waals surface area contributed by atoms with Gasteiger partial charge in [-0.1, -0.05) is 29.3 Å². The highest BCUT2D eigenvalue weighted by atomic mass is 35.5. The lowest BCUT2D eigenvalue weighted by atomic mass is 9.99. The Bertz CT molecular complexity index is 1630. The van der Waals surface area contributed by atoms with Crippen LogP contribution in [0.2, 0.25) is 10.0 Å². The highest BCUT2D eigenvalue weighted by molar-refractivity contribution is 7.92. The summed E-state index contributed by atoms with van der Waals surface area (Å²) in [7, 11) is -4.82. The van der Waals surface area contributed by atoms with Gasteiger partial charge in [-0.25, -0.2) is 21.1 Å². The number of hydrogen-bond donors (Lipinski definition) is 2. The van der Waals surface area contributed by atoms with Crippen LogP contribution in [-0.4, -0.2) is 54.4 Å². The largest absolute Gasteiger partial charge is 0.497 e. The maximum Gasteiger partial charge on any atom is 0.262 e. The van der Waals surface area contributed by atoms with E-state index in [-0.39, 0.29) is 33.8 Å². The van der Waals surface area contributed by atoms with E-state index in [2.05, 4.69) is 10.0 Å². The van der Waals surface area contributed by atoms with Gasteiger partial charge in [-0.2, -0.15) is 0 Å². The standard InChI is InChI=1S/C27H29Cl2N3O7S2/c1-38-22-9-12-26(39-2)25(15-22)31-41(36,37)23-10-7-21(8-11-23)30-27(33)18-4-3-13-32(16-18)40(34,35)17-19-5-6-20(28)14-24(19)29/h5-12,14-15,18,31H,3-4,13,16-17H2,1-2H3,(H,30,33)/t18-/m0/s1. The molecule has 2 N–H and O–H groups in total. The van der Waals surface area contributed by atoms with Crippen molar-refractivity contribution in [3.05, 3.63) is 76.3 Å². The van der Waals surface area contributed by atoms with E-state index in [0.717, 1.165) is 0 Å². The van der Waals surface area contributed by atoms with Crippen molar-refractivity contribution in [2.45, 2.75) is 23.5 Å². The third kappa shape index (κ3) is 7.63. The van der Waals surface area contributed by atoms with Crippen LogP contribution in [0.4, 0.5) is 11.4 Å². The molecule has 0 saturated carbocycles. The normalized spacial score (nSPS) is 16.1. The molecular weight excluding hydrogens is 613 g/mol. The van der Waals surface area contributed by atoms with Crippen molar-refractivity contribution in [3.63, 3.8) is 0 Å². The third-order valence-electron chi connectivity index (χ3n) is 6.58. The molecule has 3 aromatic rings.